The van der Waals surface area contributed by atoms with Crippen LogP contribution in [0, 0.1) is 5.82 Å². The Balaban J connectivity index is 2.51. The Hall–Kier alpha value is -1.13. The average molecular weight is 255 g/mol. The molecule has 18 heavy (non-hydrogen) atoms. The molecule has 0 spiro atoms. The van der Waals surface area contributed by atoms with Crippen LogP contribution in [0.25, 0.3) is 0 Å². The van der Waals surface area contributed by atoms with Crippen LogP contribution < -0.4 is 10.1 Å². The van der Waals surface area contributed by atoms with Crippen molar-refractivity contribution in [2.45, 2.75) is 32.9 Å². The van der Waals surface area contributed by atoms with E-state index in [9.17, 15) is 4.39 Å². The van der Waals surface area contributed by atoms with Gasteiger partial charge in [-0.2, -0.15) is 0 Å². The van der Waals surface area contributed by atoms with E-state index in [-0.39, 0.29) is 11.9 Å². The van der Waals surface area contributed by atoms with Gasteiger partial charge in [-0.15, -0.1) is 0 Å². The molecule has 102 valence electrons. The van der Waals surface area contributed by atoms with Crippen LogP contribution in [0.1, 0.15) is 25.8 Å². The normalized spacial score (nSPS) is 12.4. The van der Waals surface area contributed by atoms with Gasteiger partial charge < -0.3 is 14.8 Å². The van der Waals surface area contributed by atoms with Crippen molar-refractivity contribution in [1.29, 1.82) is 0 Å². The Morgan fingerprint density at radius 1 is 1.39 bits per heavy atom. The van der Waals surface area contributed by atoms with Gasteiger partial charge in [-0.25, -0.2) is 4.39 Å². The second-order valence-electron chi connectivity index (χ2n) is 4.27. The lowest BCUT2D eigenvalue weighted by Crippen LogP contribution is -2.18. The maximum absolute atomic E-state index is 13.7. The van der Waals surface area contributed by atoms with Crippen molar-refractivity contribution in [3.05, 3.63) is 29.6 Å². The van der Waals surface area contributed by atoms with Crippen molar-refractivity contribution in [1.82, 2.24) is 5.32 Å². The molecule has 0 aromatic heterocycles. The Labute approximate surface area is 108 Å². The van der Waals surface area contributed by atoms with Crippen LogP contribution in [-0.4, -0.2) is 26.4 Å². The zero-order valence-corrected chi connectivity index (χ0v) is 11.3. The van der Waals surface area contributed by atoms with E-state index in [1.807, 2.05) is 19.9 Å². The number of rotatable bonds is 8. The monoisotopic (exact) mass is 255 g/mol. The van der Waals surface area contributed by atoms with E-state index < -0.39 is 0 Å². The highest BCUT2D eigenvalue weighted by Gasteiger charge is 2.07. The zero-order chi connectivity index (χ0) is 13.4. The van der Waals surface area contributed by atoms with E-state index in [0.29, 0.717) is 18.9 Å². The zero-order valence-electron chi connectivity index (χ0n) is 11.3. The van der Waals surface area contributed by atoms with Gasteiger partial charge in [0, 0.05) is 20.2 Å². The smallest absolute Gasteiger partial charge is 0.165 e. The molecule has 3 nitrogen and oxygen atoms in total. The van der Waals surface area contributed by atoms with Crippen molar-refractivity contribution in [2.24, 2.45) is 0 Å². The topological polar surface area (TPSA) is 30.5 Å². The molecule has 1 rings (SSSR count). The standard InChI is InChI=1S/C14H22FNO2/c1-4-11(2)18-14-6-5-12(9-13(14)15)10-16-7-8-17-3/h5-6,9,11,16H,4,7-8,10H2,1-3H3. The molecule has 0 heterocycles. The molecule has 1 unspecified atom stereocenters. The Morgan fingerprint density at radius 3 is 2.78 bits per heavy atom. The summed E-state index contributed by atoms with van der Waals surface area (Å²) in [4.78, 5) is 0. The summed E-state index contributed by atoms with van der Waals surface area (Å²) in [6.45, 7) is 5.97. The van der Waals surface area contributed by atoms with Gasteiger partial charge in [0.15, 0.2) is 11.6 Å². The third-order valence-electron chi connectivity index (χ3n) is 2.71. The molecule has 0 bridgehead atoms. The fourth-order valence-electron chi connectivity index (χ4n) is 1.46. The van der Waals surface area contributed by atoms with Crippen molar-refractivity contribution in [2.75, 3.05) is 20.3 Å². The molecule has 1 aromatic carbocycles. The number of halogens is 1. The van der Waals surface area contributed by atoms with E-state index in [1.54, 1.807) is 13.2 Å². The summed E-state index contributed by atoms with van der Waals surface area (Å²) >= 11 is 0. The molecule has 1 N–H and O–H groups in total. The summed E-state index contributed by atoms with van der Waals surface area (Å²) in [5.41, 5.74) is 0.903. The van der Waals surface area contributed by atoms with Gasteiger partial charge in [-0.1, -0.05) is 13.0 Å². The fourth-order valence-corrected chi connectivity index (χ4v) is 1.46. The third-order valence-corrected chi connectivity index (χ3v) is 2.71. The summed E-state index contributed by atoms with van der Waals surface area (Å²) in [5, 5.41) is 3.17. The molecule has 1 atom stereocenters. The number of ether oxygens (including phenoxy) is 2. The van der Waals surface area contributed by atoms with Crippen LogP contribution in [-0.2, 0) is 11.3 Å². The molecule has 1 aromatic rings. The quantitative estimate of drug-likeness (QED) is 0.725. The molecule has 0 amide bonds. The third kappa shape index (κ3) is 5.02. The highest BCUT2D eigenvalue weighted by Crippen LogP contribution is 2.20. The van der Waals surface area contributed by atoms with Crippen LogP contribution in [0.4, 0.5) is 4.39 Å². The second kappa shape index (κ2) is 8.06. The SMILES string of the molecule is CCC(C)Oc1ccc(CNCCOC)cc1F. The van der Waals surface area contributed by atoms with E-state index in [0.717, 1.165) is 18.5 Å². The first-order chi connectivity index (χ1) is 8.67. The molecular formula is C14H22FNO2. The molecule has 0 saturated carbocycles. The van der Waals surface area contributed by atoms with Crippen molar-refractivity contribution >= 4 is 0 Å². The summed E-state index contributed by atoms with van der Waals surface area (Å²) < 4.78 is 24.1. The number of hydrogen-bond acceptors (Lipinski definition) is 3. The summed E-state index contributed by atoms with van der Waals surface area (Å²) in [7, 11) is 1.66. The lowest BCUT2D eigenvalue weighted by atomic mass is 10.2. The van der Waals surface area contributed by atoms with Crippen molar-refractivity contribution in [3.8, 4) is 5.75 Å². The number of hydrogen-bond donors (Lipinski definition) is 1. The Bertz CT molecular complexity index is 358. The Kier molecular flexibility index (Phi) is 6.68. The average Bonchev–Trinajstić information content (AvgIpc) is 2.37. The van der Waals surface area contributed by atoms with Crippen LogP contribution in [0.3, 0.4) is 0 Å². The van der Waals surface area contributed by atoms with Crippen molar-refractivity contribution in [3.63, 3.8) is 0 Å². The fraction of sp³-hybridized carbons (Fsp3) is 0.571. The van der Waals surface area contributed by atoms with Gasteiger partial charge in [-0.3, -0.25) is 0 Å². The molecule has 4 heteroatoms. The minimum Gasteiger partial charge on any atom is -0.488 e. The van der Waals surface area contributed by atoms with E-state index in [2.05, 4.69) is 5.32 Å². The first-order valence-corrected chi connectivity index (χ1v) is 6.32. The minimum absolute atomic E-state index is 0.0326. The van der Waals surface area contributed by atoms with E-state index in [4.69, 9.17) is 9.47 Å². The highest BCUT2D eigenvalue weighted by atomic mass is 19.1. The molecule has 0 aliphatic carbocycles. The van der Waals surface area contributed by atoms with Gasteiger partial charge >= 0.3 is 0 Å². The lowest BCUT2D eigenvalue weighted by molar-refractivity contribution is 0.199. The minimum atomic E-state index is -0.304. The first kappa shape index (κ1) is 14.9. The van der Waals surface area contributed by atoms with Gasteiger partial charge in [0.05, 0.1) is 12.7 Å². The summed E-state index contributed by atoms with van der Waals surface area (Å²) in [6.07, 6.45) is 0.893. The van der Waals surface area contributed by atoms with Crippen LogP contribution >= 0.6 is 0 Å². The largest absolute Gasteiger partial charge is 0.488 e. The molecule has 0 radical (unpaired) electrons. The van der Waals surface area contributed by atoms with Crippen LogP contribution in [0.5, 0.6) is 5.75 Å². The van der Waals surface area contributed by atoms with E-state index in [1.165, 1.54) is 6.07 Å². The van der Waals surface area contributed by atoms with Crippen molar-refractivity contribution < 1.29 is 13.9 Å². The van der Waals surface area contributed by atoms with E-state index >= 15 is 0 Å². The number of benzene rings is 1. The number of methoxy groups -OCH3 is 1. The first-order valence-electron chi connectivity index (χ1n) is 6.32. The van der Waals surface area contributed by atoms with Gasteiger partial charge in [0.25, 0.3) is 0 Å². The highest BCUT2D eigenvalue weighted by molar-refractivity contribution is 5.29. The van der Waals surface area contributed by atoms with Crippen LogP contribution in [0.2, 0.25) is 0 Å². The second-order valence-corrected chi connectivity index (χ2v) is 4.27. The maximum Gasteiger partial charge on any atom is 0.165 e. The molecule has 0 aliphatic heterocycles. The van der Waals surface area contributed by atoms with Gasteiger partial charge in [0.1, 0.15) is 0 Å². The van der Waals surface area contributed by atoms with Gasteiger partial charge in [0.2, 0.25) is 0 Å². The maximum atomic E-state index is 13.7. The molecule has 0 saturated heterocycles. The number of nitrogens with one attached hydrogen (secondary N) is 1. The lowest BCUT2D eigenvalue weighted by Gasteiger charge is -2.14. The molecule has 0 aliphatic rings. The Morgan fingerprint density at radius 2 is 2.17 bits per heavy atom. The predicted molar refractivity (Wildman–Crippen MR) is 70.4 cm³/mol. The molecular weight excluding hydrogens is 233 g/mol. The van der Waals surface area contributed by atoms with Crippen LogP contribution in [0.15, 0.2) is 18.2 Å². The van der Waals surface area contributed by atoms with Gasteiger partial charge in [-0.05, 0) is 31.0 Å². The molecule has 0 fully saturated rings. The summed E-state index contributed by atoms with van der Waals surface area (Å²) in [5.74, 6) is 0.0198. The summed E-state index contributed by atoms with van der Waals surface area (Å²) in [6, 6.07) is 5.08. The predicted octanol–water partition coefficient (Wildman–Crippen LogP) is 2.74.